The van der Waals surface area contributed by atoms with Gasteiger partial charge in [-0.3, -0.25) is 0 Å². The van der Waals surface area contributed by atoms with Crippen LogP contribution in [0.2, 0.25) is 4.34 Å². The average Bonchev–Trinajstić information content (AvgIpc) is 2.59. The van der Waals surface area contributed by atoms with Gasteiger partial charge in [0.2, 0.25) is 0 Å². The SMILES string of the molecule is COCC(CO)NCc1ccc(Cl)s1. The highest BCUT2D eigenvalue weighted by molar-refractivity contribution is 7.16. The van der Waals surface area contributed by atoms with Crippen molar-refractivity contribution in [1.82, 2.24) is 5.32 Å². The molecule has 1 heterocycles. The lowest BCUT2D eigenvalue weighted by Gasteiger charge is -2.13. The van der Waals surface area contributed by atoms with E-state index in [4.69, 9.17) is 21.4 Å². The summed E-state index contributed by atoms with van der Waals surface area (Å²) in [4.78, 5) is 1.16. The molecule has 1 rings (SSSR count). The minimum absolute atomic E-state index is 0.0131. The molecule has 0 saturated carbocycles. The van der Waals surface area contributed by atoms with Crippen molar-refractivity contribution in [3.8, 4) is 0 Å². The van der Waals surface area contributed by atoms with Gasteiger partial charge in [0.15, 0.2) is 0 Å². The van der Waals surface area contributed by atoms with Crippen LogP contribution in [0.1, 0.15) is 4.88 Å². The third-order valence-corrected chi connectivity index (χ3v) is 3.01. The third kappa shape index (κ3) is 3.94. The van der Waals surface area contributed by atoms with Crippen molar-refractivity contribution in [3.05, 3.63) is 21.3 Å². The minimum atomic E-state index is -0.0131. The van der Waals surface area contributed by atoms with Crippen LogP contribution >= 0.6 is 22.9 Å². The van der Waals surface area contributed by atoms with Gasteiger partial charge in [0.1, 0.15) is 0 Å². The van der Waals surface area contributed by atoms with Gasteiger partial charge in [-0.05, 0) is 12.1 Å². The summed E-state index contributed by atoms with van der Waals surface area (Å²) in [5.41, 5.74) is 0. The van der Waals surface area contributed by atoms with Crippen LogP contribution in [0.5, 0.6) is 0 Å². The van der Waals surface area contributed by atoms with Gasteiger partial charge in [-0.15, -0.1) is 11.3 Å². The number of methoxy groups -OCH3 is 1. The molecule has 1 aromatic heterocycles. The first-order chi connectivity index (χ1) is 6.76. The van der Waals surface area contributed by atoms with Gasteiger partial charge in [-0.1, -0.05) is 11.6 Å². The molecule has 5 heteroatoms. The highest BCUT2D eigenvalue weighted by atomic mass is 35.5. The molecule has 0 fully saturated rings. The summed E-state index contributed by atoms with van der Waals surface area (Å²) in [6.45, 7) is 1.30. The number of hydrogen-bond donors (Lipinski definition) is 2. The van der Waals surface area contributed by atoms with E-state index in [1.807, 2.05) is 12.1 Å². The zero-order chi connectivity index (χ0) is 10.4. The lowest BCUT2D eigenvalue weighted by atomic mass is 10.3. The monoisotopic (exact) mass is 235 g/mol. The molecule has 0 aliphatic rings. The molecule has 0 aliphatic carbocycles. The topological polar surface area (TPSA) is 41.5 Å². The molecule has 0 aliphatic heterocycles. The predicted molar refractivity (Wildman–Crippen MR) is 58.9 cm³/mol. The van der Waals surface area contributed by atoms with E-state index in [9.17, 15) is 0 Å². The van der Waals surface area contributed by atoms with E-state index < -0.39 is 0 Å². The van der Waals surface area contributed by atoms with Crippen molar-refractivity contribution in [2.24, 2.45) is 0 Å². The molecule has 0 spiro atoms. The van der Waals surface area contributed by atoms with Gasteiger partial charge in [0, 0.05) is 18.5 Å². The van der Waals surface area contributed by atoms with Crippen molar-refractivity contribution >= 4 is 22.9 Å². The summed E-state index contributed by atoms with van der Waals surface area (Å²) >= 11 is 7.33. The molecule has 0 amide bonds. The standard InChI is InChI=1S/C9H14ClNO2S/c1-13-6-7(5-12)11-4-8-2-3-9(10)14-8/h2-3,7,11-12H,4-6H2,1H3. The molecule has 1 unspecified atom stereocenters. The molecular weight excluding hydrogens is 222 g/mol. The lowest BCUT2D eigenvalue weighted by molar-refractivity contribution is 0.128. The molecule has 1 aromatic rings. The Morgan fingerprint density at radius 2 is 2.43 bits per heavy atom. The van der Waals surface area contributed by atoms with Gasteiger partial charge >= 0.3 is 0 Å². The average molecular weight is 236 g/mol. The Labute approximate surface area is 92.7 Å². The normalized spacial score (nSPS) is 13.1. The fourth-order valence-electron chi connectivity index (χ4n) is 1.07. The lowest BCUT2D eigenvalue weighted by Crippen LogP contribution is -2.35. The van der Waals surface area contributed by atoms with E-state index in [2.05, 4.69) is 5.32 Å². The van der Waals surface area contributed by atoms with Gasteiger partial charge in [-0.25, -0.2) is 0 Å². The van der Waals surface area contributed by atoms with E-state index in [1.54, 1.807) is 7.11 Å². The Morgan fingerprint density at radius 3 is 2.93 bits per heavy atom. The van der Waals surface area contributed by atoms with Gasteiger partial charge < -0.3 is 15.2 Å². The number of nitrogens with one attached hydrogen (secondary N) is 1. The van der Waals surface area contributed by atoms with Crippen molar-refractivity contribution in [3.63, 3.8) is 0 Å². The van der Waals surface area contributed by atoms with Crippen LogP contribution in [-0.2, 0) is 11.3 Å². The van der Waals surface area contributed by atoms with Crippen LogP contribution in [0.3, 0.4) is 0 Å². The van der Waals surface area contributed by atoms with Crippen molar-refractivity contribution < 1.29 is 9.84 Å². The van der Waals surface area contributed by atoms with E-state index >= 15 is 0 Å². The van der Waals surface area contributed by atoms with Crippen LogP contribution in [0.15, 0.2) is 12.1 Å². The fourth-order valence-corrected chi connectivity index (χ4v) is 2.11. The number of ether oxygens (including phenoxy) is 1. The highest BCUT2D eigenvalue weighted by Gasteiger charge is 2.06. The number of thiophene rings is 1. The quantitative estimate of drug-likeness (QED) is 0.785. The number of halogens is 1. The van der Waals surface area contributed by atoms with E-state index in [-0.39, 0.29) is 12.6 Å². The van der Waals surface area contributed by atoms with Gasteiger partial charge in [-0.2, -0.15) is 0 Å². The Morgan fingerprint density at radius 1 is 1.64 bits per heavy atom. The maximum absolute atomic E-state index is 8.98. The maximum Gasteiger partial charge on any atom is 0.0931 e. The highest BCUT2D eigenvalue weighted by Crippen LogP contribution is 2.21. The first kappa shape index (κ1) is 11.9. The van der Waals surface area contributed by atoms with E-state index in [0.717, 1.165) is 9.21 Å². The molecular formula is C9H14ClNO2S. The van der Waals surface area contributed by atoms with Crippen molar-refractivity contribution in [1.29, 1.82) is 0 Å². The van der Waals surface area contributed by atoms with Crippen LogP contribution in [0, 0.1) is 0 Å². The molecule has 0 bridgehead atoms. The van der Waals surface area contributed by atoms with Crippen LogP contribution in [-0.4, -0.2) is 31.5 Å². The van der Waals surface area contributed by atoms with Crippen molar-refractivity contribution in [2.75, 3.05) is 20.3 Å². The summed E-state index contributed by atoms with van der Waals surface area (Å²) in [6.07, 6.45) is 0. The second kappa shape index (κ2) is 6.37. The first-order valence-corrected chi connectivity index (χ1v) is 5.53. The summed E-state index contributed by atoms with van der Waals surface area (Å²) in [6, 6.07) is 3.83. The van der Waals surface area contributed by atoms with E-state index in [1.165, 1.54) is 11.3 Å². The molecule has 0 aromatic carbocycles. The number of hydrogen-bond acceptors (Lipinski definition) is 4. The number of aliphatic hydroxyl groups is 1. The predicted octanol–water partition coefficient (Wildman–Crippen LogP) is 1.50. The second-order valence-electron chi connectivity index (χ2n) is 2.92. The summed E-state index contributed by atoms with van der Waals surface area (Å²) in [5, 5.41) is 12.2. The van der Waals surface area contributed by atoms with Crippen LogP contribution in [0.4, 0.5) is 0 Å². The zero-order valence-corrected chi connectivity index (χ0v) is 9.57. The Bertz CT molecular complexity index is 267. The molecule has 0 saturated heterocycles. The molecule has 2 N–H and O–H groups in total. The van der Waals surface area contributed by atoms with Crippen LogP contribution < -0.4 is 5.32 Å². The minimum Gasteiger partial charge on any atom is -0.395 e. The second-order valence-corrected chi connectivity index (χ2v) is 4.72. The maximum atomic E-state index is 8.98. The number of aliphatic hydroxyl groups excluding tert-OH is 1. The first-order valence-electron chi connectivity index (χ1n) is 4.33. The largest absolute Gasteiger partial charge is 0.395 e. The fraction of sp³-hybridized carbons (Fsp3) is 0.556. The zero-order valence-electron chi connectivity index (χ0n) is 8.00. The Balaban J connectivity index is 2.31. The van der Waals surface area contributed by atoms with E-state index in [0.29, 0.717) is 13.2 Å². The Hall–Kier alpha value is -0.130. The van der Waals surface area contributed by atoms with Crippen molar-refractivity contribution in [2.45, 2.75) is 12.6 Å². The van der Waals surface area contributed by atoms with Gasteiger partial charge in [0.25, 0.3) is 0 Å². The molecule has 0 radical (unpaired) electrons. The summed E-state index contributed by atoms with van der Waals surface area (Å²) < 4.78 is 5.73. The molecule has 1 atom stereocenters. The molecule has 3 nitrogen and oxygen atoms in total. The molecule has 14 heavy (non-hydrogen) atoms. The Kier molecular flexibility index (Phi) is 5.44. The smallest absolute Gasteiger partial charge is 0.0931 e. The summed E-state index contributed by atoms with van der Waals surface area (Å²) in [7, 11) is 1.62. The number of rotatable bonds is 6. The molecule has 80 valence electrons. The van der Waals surface area contributed by atoms with Gasteiger partial charge in [0.05, 0.1) is 23.6 Å². The van der Waals surface area contributed by atoms with Crippen LogP contribution in [0.25, 0.3) is 0 Å². The summed E-state index contributed by atoms with van der Waals surface area (Å²) in [5.74, 6) is 0. The third-order valence-electron chi connectivity index (χ3n) is 1.78.